The van der Waals surface area contributed by atoms with E-state index in [1.54, 1.807) is 79.3 Å². The molecule has 2 unspecified atom stereocenters. The average molecular weight is 906 g/mol. The normalized spacial score (nSPS) is 19.9. The molecule has 4 aliphatic rings. The maximum atomic E-state index is 13.2. The Morgan fingerprint density at radius 1 is 0.582 bits per heavy atom. The number of cyclic esters (lactones) is 2. The number of ketones is 4. The van der Waals surface area contributed by atoms with Crippen molar-refractivity contribution in [3.8, 4) is 0 Å². The number of nitrogens with zero attached hydrogens (tertiary/aromatic N) is 5. The second-order valence-corrected chi connectivity index (χ2v) is 16.6. The molecule has 2 N–H and O–H groups in total. The molecule has 0 spiro atoms. The maximum absolute atomic E-state index is 13.2. The molecular weight excluding hydrogens is 859 g/mol. The minimum Gasteiger partial charge on any atom is -0.442 e. The van der Waals surface area contributed by atoms with Gasteiger partial charge in [0, 0.05) is 79.4 Å². The molecule has 5 heterocycles. The largest absolute Gasteiger partial charge is 0.442 e. The van der Waals surface area contributed by atoms with Crippen LogP contribution in [0.4, 0.5) is 21.0 Å². The number of aryl methyl sites for hydroxylation is 2. The summed E-state index contributed by atoms with van der Waals surface area (Å²) in [6.07, 6.45) is 10.4. The van der Waals surface area contributed by atoms with E-state index in [1.807, 2.05) is 12.1 Å². The molecule has 4 amide bonds. The van der Waals surface area contributed by atoms with E-state index in [4.69, 9.17) is 9.47 Å². The average Bonchev–Trinajstić information content (AvgIpc) is 3.81. The predicted molar refractivity (Wildman–Crippen MR) is 242 cm³/mol. The zero-order valence-corrected chi connectivity index (χ0v) is 36.6. The Labute approximate surface area is 385 Å². The number of anilines is 2. The van der Waals surface area contributed by atoms with Crippen LogP contribution in [0.15, 0.2) is 110 Å². The first-order chi connectivity index (χ1) is 32.4. The third kappa shape index (κ3) is 10.5. The van der Waals surface area contributed by atoms with Crippen LogP contribution >= 0.6 is 0 Å². The maximum Gasteiger partial charge on any atom is 0.414 e. The highest BCUT2D eigenvalue weighted by Crippen LogP contribution is 2.36. The molecule has 5 aromatic rings. The van der Waals surface area contributed by atoms with E-state index >= 15 is 0 Å². The molecule has 9 rings (SSSR count). The number of rotatable bonds is 11. The number of benzene rings is 2. The zero-order valence-electron chi connectivity index (χ0n) is 36.6. The molecule has 67 heavy (non-hydrogen) atoms. The Balaban J connectivity index is 0.000000184. The van der Waals surface area contributed by atoms with Gasteiger partial charge in [-0.25, -0.2) is 9.59 Å². The van der Waals surface area contributed by atoms with Crippen LogP contribution in [0.3, 0.4) is 0 Å². The lowest BCUT2D eigenvalue weighted by Crippen LogP contribution is -2.34. The van der Waals surface area contributed by atoms with Gasteiger partial charge in [0.25, 0.3) is 5.91 Å². The SMILES string of the molecule is CC(=O)NC[C@H]1CN(c2ccc3c(c2)CCCC(=O)C3C(=O)c2cccnc2)C(=O)O1.O=C(NC[C@H]1CN(c2ccc3c(c2)CCCC(=O)C3C(=O)c2cccnc2)C(=O)O1)c1cccnc1. The molecule has 0 saturated carbocycles. The highest BCUT2D eigenvalue weighted by Gasteiger charge is 2.38. The molecule has 0 radical (unpaired) electrons. The summed E-state index contributed by atoms with van der Waals surface area (Å²) in [5.74, 6) is -2.98. The van der Waals surface area contributed by atoms with Gasteiger partial charge in [0.1, 0.15) is 35.6 Å². The third-order valence-electron chi connectivity index (χ3n) is 12.0. The van der Waals surface area contributed by atoms with E-state index in [9.17, 15) is 38.4 Å². The van der Waals surface area contributed by atoms with Crippen molar-refractivity contribution in [2.75, 3.05) is 36.0 Å². The molecule has 342 valence electrons. The second-order valence-electron chi connectivity index (χ2n) is 16.6. The van der Waals surface area contributed by atoms with E-state index in [-0.39, 0.29) is 54.6 Å². The first-order valence-electron chi connectivity index (χ1n) is 22.0. The number of Topliss-reactive ketones (excluding diaryl/α,β-unsaturated/α-hetero) is 4. The van der Waals surface area contributed by atoms with E-state index in [2.05, 4.69) is 25.6 Å². The highest BCUT2D eigenvalue weighted by atomic mass is 16.6. The number of fused-ring (bicyclic) bond motifs is 2. The van der Waals surface area contributed by atoms with Crippen molar-refractivity contribution in [2.24, 2.45) is 0 Å². The molecule has 2 fully saturated rings. The quantitative estimate of drug-likeness (QED) is 0.0948. The van der Waals surface area contributed by atoms with Gasteiger partial charge < -0.3 is 20.1 Å². The Hall–Kier alpha value is -7.95. The fourth-order valence-corrected chi connectivity index (χ4v) is 8.72. The van der Waals surface area contributed by atoms with Crippen LogP contribution in [-0.4, -0.2) is 100 Å². The number of ether oxygens (including phenoxy) is 2. The fourth-order valence-electron chi connectivity index (χ4n) is 8.72. The molecule has 3 aromatic heterocycles. The summed E-state index contributed by atoms with van der Waals surface area (Å²) >= 11 is 0. The van der Waals surface area contributed by atoms with Gasteiger partial charge in [-0.05, 0) is 109 Å². The van der Waals surface area contributed by atoms with Crippen molar-refractivity contribution >= 4 is 58.5 Å². The van der Waals surface area contributed by atoms with Crippen LogP contribution in [0.1, 0.15) is 97.8 Å². The Kier molecular flexibility index (Phi) is 13.9. The van der Waals surface area contributed by atoms with Crippen LogP contribution in [0, 0.1) is 0 Å². The fraction of sp³-hybridized carbons (Fsp3) is 0.300. The minimum absolute atomic E-state index is 0.101. The molecule has 2 aromatic carbocycles. The van der Waals surface area contributed by atoms with Crippen molar-refractivity contribution in [1.82, 2.24) is 25.6 Å². The molecule has 17 nitrogen and oxygen atoms in total. The summed E-state index contributed by atoms with van der Waals surface area (Å²) in [5.41, 5.74) is 5.59. The Morgan fingerprint density at radius 2 is 1.01 bits per heavy atom. The lowest BCUT2D eigenvalue weighted by molar-refractivity contribution is -0.120. The second kappa shape index (κ2) is 20.5. The molecular formula is C50H47N7O10. The van der Waals surface area contributed by atoms with Gasteiger partial charge in [-0.1, -0.05) is 12.1 Å². The summed E-state index contributed by atoms with van der Waals surface area (Å²) in [4.78, 5) is 115. The zero-order chi connectivity index (χ0) is 47.0. The van der Waals surface area contributed by atoms with E-state index in [0.717, 1.165) is 11.1 Å². The van der Waals surface area contributed by atoms with E-state index in [0.29, 0.717) is 84.3 Å². The van der Waals surface area contributed by atoms with Gasteiger partial charge >= 0.3 is 12.2 Å². The van der Waals surface area contributed by atoms with Crippen LogP contribution in [0.5, 0.6) is 0 Å². The third-order valence-corrected chi connectivity index (χ3v) is 12.0. The van der Waals surface area contributed by atoms with Crippen molar-refractivity contribution in [1.29, 1.82) is 0 Å². The van der Waals surface area contributed by atoms with Crippen LogP contribution in [0.25, 0.3) is 0 Å². The number of carbonyl (C=O) groups is 8. The molecule has 2 aliphatic heterocycles. The van der Waals surface area contributed by atoms with Crippen LogP contribution in [-0.2, 0) is 36.7 Å². The number of hydrogen-bond acceptors (Lipinski definition) is 13. The van der Waals surface area contributed by atoms with Crippen LogP contribution < -0.4 is 20.4 Å². The van der Waals surface area contributed by atoms with Gasteiger partial charge in [0.05, 0.1) is 31.7 Å². The first-order valence-corrected chi connectivity index (χ1v) is 22.0. The van der Waals surface area contributed by atoms with Crippen molar-refractivity contribution in [2.45, 2.75) is 69.5 Å². The van der Waals surface area contributed by atoms with Crippen LogP contribution in [0.2, 0.25) is 0 Å². The molecule has 0 bridgehead atoms. The summed E-state index contributed by atoms with van der Waals surface area (Å²) < 4.78 is 10.8. The standard InChI is InChI=1S/C27H24N4O5.C23H23N3O5/c32-23-7-1-4-17-12-20(8-9-22(17)24(23)25(33)18-5-2-10-28-13-18)31-16-21(36-27(31)35)15-30-26(34)19-6-3-11-29-14-19;1-14(27)25-12-18-13-26(23(30)31-18)17-7-8-19-15(10-17)4-2-6-20(28)21(19)22(29)16-5-3-9-24-11-16/h2-3,5-6,8-14,21,24H,1,4,7,15-16H2,(H,30,34);3,5,7-11,18,21H,2,4,6,12-13H2,1H3,(H,25,27)/t21-,24?;18-,21?/m00/s1. The van der Waals surface area contributed by atoms with Gasteiger partial charge in [-0.3, -0.25) is 53.5 Å². The Bertz CT molecular complexity index is 2720. The van der Waals surface area contributed by atoms with Gasteiger partial charge in [-0.15, -0.1) is 0 Å². The lowest BCUT2D eigenvalue weighted by atomic mass is 9.85. The summed E-state index contributed by atoms with van der Waals surface area (Å²) in [6.45, 7) is 2.40. The van der Waals surface area contributed by atoms with Crippen molar-refractivity contribution in [3.05, 3.63) is 149 Å². The molecule has 2 saturated heterocycles. The first kappa shape index (κ1) is 45.6. The molecule has 17 heteroatoms. The number of carbonyl (C=O) groups excluding carboxylic acids is 8. The summed E-state index contributed by atoms with van der Waals surface area (Å²) in [6, 6.07) is 20.7. The minimum atomic E-state index is -0.887. The predicted octanol–water partition coefficient (Wildman–Crippen LogP) is 5.52. The van der Waals surface area contributed by atoms with E-state index < -0.39 is 36.2 Å². The highest BCUT2D eigenvalue weighted by molar-refractivity contribution is 6.16. The number of pyridine rings is 3. The smallest absolute Gasteiger partial charge is 0.414 e. The number of nitrogens with one attached hydrogen (secondary N) is 2. The Morgan fingerprint density at radius 3 is 1.43 bits per heavy atom. The van der Waals surface area contributed by atoms with Crippen molar-refractivity contribution in [3.63, 3.8) is 0 Å². The number of amides is 4. The van der Waals surface area contributed by atoms with Gasteiger partial charge in [0.2, 0.25) is 5.91 Å². The van der Waals surface area contributed by atoms with Gasteiger partial charge in [0.15, 0.2) is 11.6 Å². The van der Waals surface area contributed by atoms with Gasteiger partial charge in [-0.2, -0.15) is 0 Å². The van der Waals surface area contributed by atoms with E-state index in [1.165, 1.54) is 35.3 Å². The summed E-state index contributed by atoms with van der Waals surface area (Å²) in [7, 11) is 0. The van der Waals surface area contributed by atoms with Crippen molar-refractivity contribution < 1.29 is 47.8 Å². The molecule has 2 aliphatic carbocycles. The summed E-state index contributed by atoms with van der Waals surface area (Å²) in [5, 5.41) is 5.42. The number of hydrogen-bond donors (Lipinski definition) is 2. The number of aromatic nitrogens is 3. The molecule has 4 atom stereocenters. The topological polar surface area (TPSA) is 224 Å². The lowest BCUT2D eigenvalue weighted by Gasteiger charge is -2.19. The monoisotopic (exact) mass is 905 g/mol.